The molecule has 23 heavy (non-hydrogen) atoms. The van der Waals surface area contributed by atoms with Crippen molar-refractivity contribution in [3.8, 4) is 0 Å². The molecule has 1 atom stereocenters. The molecule has 3 amide bonds. The number of nitrogens with one attached hydrogen (secondary N) is 2. The minimum absolute atomic E-state index is 0.0479. The highest BCUT2D eigenvalue weighted by Gasteiger charge is 2.35. The standard InChI is InChI=1S/C17H20N4O2/c1-11(2)15-16(22)19-9-10-21(15)17(23)20-13-7-3-5-12-6-4-8-18-14(12)13/h3-8,11,15H,9-10H2,1-2H3,(H,19,22)(H,20,23)/t15-/m1/s1. The SMILES string of the molecule is CC(C)[C@@H]1C(=O)NCCN1C(=O)Nc1cccc2cccnc12. The number of para-hydroxylation sites is 1. The van der Waals surface area contributed by atoms with Crippen molar-refractivity contribution in [1.29, 1.82) is 0 Å². The number of fused-ring (bicyclic) bond motifs is 1. The summed E-state index contributed by atoms with van der Waals surface area (Å²) in [4.78, 5) is 30.7. The van der Waals surface area contributed by atoms with Crippen LogP contribution in [0.2, 0.25) is 0 Å². The second kappa shape index (κ2) is 6.24. The zero-order valence-corrected chi connectivity index (χ0v) is 13.2. The fourth-order valence-electron chi connectivity index (χ4n) is 2.97. The number of aromatic nitrogens is 1. The molecule has 1 aromatic carbocycles. The third kappa shape index (κ3) is 2.97. The predicted molar refractivity (Wildman–Crippen MR) is 89.1 cm³/mol. The zero-order chi connectivity index (χ0) is 16.4. The van der Waals surface area contributed by atoms with Crippen molar-refractivity contribution < 1.29 is 9.59 Å². The third-order valence-corrected chi connectivity index (χ3v) is 4.02. The van der Waals surface area contributed by atoms with Gasteiger partial charge < -0.3 is 15.5 Å². The number of benzene rings is 1. The number of amides is 3. The van der Waals surface area contributed by atoms with Gasteiger partial charge in [-0.3, -0.25) is 9.78 Å². The van der Waals surface area contributed by atoms with E-state index >= 15 is 0 Å². The molecule has 1 aromatic heterocycles. The Kier molecular flexibility index (Phi) is 4.14. The van der Waals surface area contributed by atoms with Crippen molar-refractivity contribution in [1.82, 2.24) is 15.2 Å². The maximum atomic E-state index is 12.7. The fraction of sp³-hybridized carbons (Fsp3) is 0.353. The van der Waals surface area contributed by atoms with E-state index in [0.717, 1.165) is 10.9 Å². The van der Waals surface area contributed by atoms with Crippen molar-refractivity contribution in [2.75, 3.05) is 18.4 Å². The van der Waals surface area contributed by atoms with Gasteiger partial charge in [0.15, 0.2) is 0 Å². The Morgan fingerprint density at radius 1 is 1.35 bits per heavy atom. The summed E-state index contributed by atoms with van der Waals surface area (Å²) in [5.74, 6) is -0.0517. The lowest BCUT2D eigenvalue weighted by molar-refractivity contribution is -0.129. The minimum Gasteiger partial charge on any atom is -0.353 e. The van der Waals surface area contributed by atoms with Gasteiger partial charge in [0.05, 0.1) is 11.2 Å². The highest BCUT2D eigenvalue weighted by molar-refractivity contribution is 6.01. The van der Waals surface area contributed by atoms with Crippen LogP contribution in [0.3, 0.4) is 0 Å². The molecule has 1 aliphatic heterocycles. The summed E-state index contributed by atoms with van der Waals surface area (Å²) in [5, 5.41) is 6.68. The van der Waals surface area contributed by atoms with E-state index < -0.39 is 6.04 Å². The number of rotatable bonds is 2. The molecule has 0 radical (unpaired) electrons. The van der Waals surface area contributed by atoms with Crippen molar-refractivity contribution in [2.45, 2.75) is 19.9 Å². The minimum atomic E-state index is -0.452. The molecule has 0 saturated carbocycles. The number of piperazine rings is 1. The summed E-state index contributed by atoms with van der Waals surface area (Å²) in [5.41, 5.74) is 1.40. The smallest absolute Gasteiger partial charge is 0.322 e. The van der Waals surface area contributed by atoms with Crippen LogP contribution in [0.15, 0.2) is 36.5 Å². The summed E-state index contributed by atoms with van der Waals surface area (Å²) in [6.45, 7) is 4.85. The van der Waals surface area contributed by atoms with E-state index in [9.17, 15) is 9.59 Å². The number of urea groups is 1. The lowest BCUT2D eigenvalue weighted by atomic mass is 10.00. The number of pyridine rings is 1. The first-order valence-corrected chi connectivity index (χ1v) is 7.77. The lowest BCUT2D eigenvalue weighted by Gasteiger charge is -2.37. The Hall–Kier alpha value is -2.63. The highest BCUT2D eigenvalue weighted by atomic mass is 16.2. The fourth-order valence-corrected chi connectivity index (χ4v) is 2.97. The van der Waals surface area contributed by atoms with E-state index in [1.54, 1.807) is 11.1 Å². The van der Waals surface area contributed by atoms with E-state index in [-0.39, 0.29) is 17.9 Å². The molecule has 2 N–H and O–H groups in total. The first-order chi connectivity index (χ1) is 11.1. The van der Waals surface area contributed by atoms with E-state index in [2.05, 4.69) is 15.6 Å². The molecule has 2 heterocycles. The number of nitrogens with zero attached hydrogens (tertiary/aromatic N) is 2. The zero-order valence-electron chi connectivity index (χ0n) is 13.2. The monoisotopic (exact) mass is 312 g/mol. The van der Waals surface area contributed by atoms with Crippen LogP contribution in [-0.2, 0) is 4.79 Å². The van der Waals surface area contributed by atoms with Gasteiger partial charge in [-0.05, 0) is 18.1 Å². The molecular weight excluding hydrogens is 292 g/mol. The quantitative estimate of drug-likeness (QED) is 0.893. The molecule has 1 fully saturated rings. The molecule has 0 unspecified atom stereocenters. The molecule has 1 aliphatic rings. The van der Waals surface area contributed by atoms with Gasteiger partial charge in [0.1, 0.15) is 6.04 Å². The summed E-state index contributed by atoms with van der Waals surface area (Å²) in [7, 11) is 0. The number of hydrogen-bond donors (Lipinski definition) is 2. The molecular formula is C17H20N4O2. The van der Waals surface area contributed by atoms with Crippen LogP contribution in [0.4, 0.5) is 10.5 Å². The van der Waals surface area contributed by atoms with Crippen molar-refractivity contribution in [2.24, 2.45) is 5.92 Å². The molecule has 6 heteroatoms. The van der Waals surface area contributed by atoms with Gasteiger partial charge in [-0.25, -0.2) is 4.79 Å². The topological polar surface area (TPSA) is 74.3 Å². The van der Waals surface area contributed by atoms with Gasteiger partial charge >= 0.3 is 6.03 Å². The third-order valence-electron chi connectivity index (χ3n) is 4.02. The summed E-state index contributed by atoms with van der Waals surface area (Å²) in [6.07, 6.45) is 1.70. The van der Waals surface area contributed by atoms with Crippen molar-refractivity contribution >= 4 is 28.5 Å². The summed E-state index contributed by atoms with van der Waals surface area (Å²) < 4.78 is 0. The van der Waals surface area contributed by atoms with Gasteiger partial charge in [-0.1, -0.05) is 32.0 Å². The molecule has 6 nitrogen and oxygen atoms in total. The van der Waals surface area contributed by atoms with E-state index in [0.29, 0.717) is 18.8 Å². The number of hydrogen-bond acceptors (Lipinski definition) is 3. The van der Waals surface area contributed by atoms with Crippen molar-refractivity contribution in [3.05, 3.63) is 36.5 Å². The van der Waals surface area contributed by atoms with Crippen LogP contribution in [0.1, 0.15) is 13.8 Å². The van der Waals surface area contributed by atoms with E-state index in [4.69, 9.17) is 0 Å². The van der Waals surface area contributed by atoms with Gasteiger partial charge in [0.25, 0.3) is 0 Å². The average molecular weight is 312 g/mol. The summed E-state index contributed by atoms with van der Waals surface area (Å²) >= 11 is 0. The molecule has 120 valence electrons. The Morgan fingerprint density at radius 2 is 2.13 bits per heavy atom. The van der Waals surface area contributed by atoms with Gasteiger partial charge in [0.2, 0.25) is 5.91 Å². The van der Waals surface area contributed by atoms with E-state index in [1.165, 1.54) is 0 Å². The lowest BCUT2D eigenvalue weighted by Crippen LogP contribution is -2.60. The van der Waals surface area contributed by atoms with Gasteiger partial charge in [-0.2, -0.15) is 0 Å². The first kappa shape index (κ1) is 15.3. The van der Waals surface area contributed by atoms with Crippen LogP contribution in [-0.4, -0.2) is 41.0 Å². The largest absolute Gasteiger partial charge is 0.353 e. The average Bonchev–Trinajstić information content (AvgIpc) is 2.54. The molecule has 0 aliphatic carbocycles. The first-order valence-electron chi connectivity index (χ1n) is 7.77. The second-order valence-corrected chi connectivity index (χ2v) is 5.98. The van der Waals surface area contributed by atoms with Gasteiger partial charge in [0, 0.05) is 24.7 Å². The van der Waals surface area contributed by atoms with Crippen LogP contribution in [0, 0.1) is 5.92 Å². The van der Waals surface area contributed by atoms with Crippen molar-refractivity contribution in [3.63, 3.8) is 0 Å². The maximum Gasteiger partial charge on any atom is 0.322 e. The Balaban J connectivity index is 1.86. The molecule has 1 saturated heterocycles. The normalized spacial score (nSPS) is 18.1. The van der Waals surface area contributed by atoms with Crippen LogP contribution < -0.4 is 10.6 Å². The van der Waals surface area contributed by atoms with Gasteiger partial charge in [-0.15, -0.1) is 0 Å². The van der Waals surface area contributed by atoms with Crippen LogP contribution in [0.5, 0.6) is 0 Å². The maximum absolute atomic E-state index is 12.7. The molecule has 0 spiro atoms. The van der Waals surface area contributed by atoms with E-state index in [1.807, 2.05) is 44.2 Å². The van der Waals surface area contributed by atoms with Crippen LogP contribution >= 0.6 is 0 Å². The Labute approximate surface area is 134 Å². The number of anilines is 1. The summed E-state index contributed by atoms with van der Waals surface area (Å²) in [6, 6.07) is 8.73. The second-order valence-electron chi connectivity index (χ2n) is 5.98. The van der Waals surface area contributed by atoms with Crippen LogP contribution in [0.25, 0.3) is 10.9 Å². The highest BCUT2D eigenvalue weighted by Crippen LogP contribution is 2.22. The number of carbonyl (C=O) groups is 2. The molecule has 3 rings (SSSR count). The number of carbonyl (C=O) groups excluding carboxylic acids is 2. The predicted octanol–water partition coefficient (Wildman–Crippen LogP) is 2.22. The Bertz CT molecular complexity index is 739. The molecule has 2 aromatic rings. The Morgan fingerprint density at radius 3 is 2.91 bits per heavy atom. The molecule has 0 bridgehead atoms.